The molecule has 170 valence electrons. The average molecular weight is 469 g/mol. The third-order valence-corrected chi connectivity index (χ3v) is 6.22. The molecule has 2 saturated heterocycles. The van der Waals surface area contributed by atoms with Gasteiger partial charge in [-0.2, -0.15) is 5.01 Å². The molecule has 3 aliphatic heterocycles. The van der Waals surface area contributed by atoms with Crippen molar-refractivity contribution in [2.75, 3.05) is 37.6 Å². The maximum atomic E-state index is 13.0. The molecular weight excluding hydrogens is 448 g/mol. The standard InChI is InChI=1S/C22H21ClN6O4/c23-17-2-1-3-18(24-17)27-10-8-26(9-11-27)13-14-4-5-15-16(12-14)21(32)29(20(15)31)28-7-6-19(30)25-22(28)33/h1-5,12H,6-11,13H2,(H,25,30,33). The summed E-state index contributed by atoms with van der Waals surface area (Å²) in [4.78, 5) is 58.1. The Bertz CT molecular complexity index is 1160. The van der Waals surface area contributed by atoms with Crippen molar-refractivity contribution >= 4 is 41.2 Å². The monoisotopic (exact) mass is 468 g/mol. The molecule has 0 unspecified atom stereocenters. The predicted molar refractivity (Wildman–Crippen MR) is 119 cm³/mol. The zero-order valence-corrected chi connectivity index (χ0v) is 18.4. The van der Waals surface area contributed by atoms with E-state index in [9.17, 15) is 19.2 Å². The number of amides is 5. The fourth-order valence-corrected chi connectivity index (χ4v) is 4.47. The maximum absolute atomic E-state index is 13.0. The van der Waals surface area contributed by atoms with Crippen LogP contribution in [0.2, 0.25) is 5.15 Å². The number of hydrogen-bond donors (Lipinski definition) is 1. The van der Waals surface area contributed by atoms with Crippen LogP contribution in [0, 0.1) is 0 Å². The number of aromatic nitrogens is 1. The van der Waals surface area contributed by atoms with E-state index < -0.39 is 23.8 Å². The van der Waals surface area contributed by atoms with Crippen molar-refractivity contribution in [3.05, 3.63) is 58.2 Å². The van der Waals surface area contributed by atoms with E-state index in [2.05, 4.69) is 20.1 Å². The number of imide groups is 2. The summed E-state index contributed by atoms with van der Waals surface area (Å²) in [6.07, 6.45) is 0.0288. The van der Waals surface area contributed by atoms with Crippen molar-refractivity contribution < 1.29 is 19.2 Å². The highest BCUT2D eigenvalue weighted by Crippen LogP contribution is 2.27. The van der Waals surface area contributed by atoms with Crippen LogP contribution in [0.15, 0.2) is 36.4 Å². The third kappa shape index (κ3) is 4.03. The molecule has 0 bridgehead atoms. The number of nitrogens with one attached hydrogen (secondary N) is 1. The van der Waals surface area contributed by atoms with E-state index >= 15 is 0 Å². The summed E-state index contributed by atoms with van der Waals surface area (Å²) in [7, 11) is 0. The molecule has 2 fully saturated rings. The Kier molecular flexibility index (Phi) is 5.47. The first-order valence-corrected chi connectivity index (χ1v) is 11.0. The van der Waals surface area contributed by atoms with Crippen LogP contribution in [-0.2, 0) is 11.3 Å². The molecule has 0 atom stereocenters. The fraction of sp³-hybridized carbons (Fsp3) is 0.318. The van der Waals surface area contributed by atoms with E-state index in [0.29, 0.717) is 11.7 Å². The van der Waals surface area contributed by atoms with Gasteiger partial charge in [0.1, 0.15) is 11.0 Å². The number of benzene rings is 1. The molecule has 10 nitrogen and oxygen atoms in total. The molecule has 5 rings (SSSR count). The number of fused-ring (bicyclic) bond motifs is 1. The Morgan fingerprint density at radius 2 is 1.67 bits per heavy atom. The lowest BCUT2D eigenvalue weighted by Crippen LogP contribution is -2.58. The number of rotatable bonds is 4. The highest BCUT2D eigenvalue weighted by atomic mass is 35.5. The van der Waals surface area contributed by atoms with Crippen LogP contribution in [0.4, 0.5) is 10.6 Å². The number of piperazine rings is 1. The Morgan fingerprint density at radius 1 is 0.909 bits per heavy atom. The van der Waals surface area contributed by atoms with E-state index in [1.165, 1.54) is 0 Å². The van der Waals surface area contributed by atoms with Crippen molar-refractivity contribution in [1.82, 2.24) is 25.2 Å². The van der Waals surface area contributed by atoms with Gasteiger partial charge in [0.2, 0.25) is 5.91 Å². The third-order valence-electron chi connectivity index (χ3n) is 6.01. The molecule has 1 aromatic carbocycles. The lowest BCUT2D eigenvalue weighted by molar-refractivity contribution is -0.122. The number of carbonyl (C=O) groups is 4. The van der Waals surface area contributed by atoms with Crippen LogP contribution >= 0.6 is 11.6 Å². The topological polar surface area (TPSA) is 106 Å². The summed E-state index contributed by atoms with van der Waals surface area (Å²) in [5.74, 6) is -0.694. The van der Waals surface area contributed by atoms with Gasteiger partial charge in [0.25, 0.3) is 11.8 Å². The minimum absolute atomic E-state index is 0.0191. The number of nitrogens with zero attached hydrogens (tertiary/aromatic N) is 5. The SMILES string of the molecule is O=C1CCN(N2C(=O)c3ccc(CN4CCN(c5cccc(Cl)n5)CC4)cc3C2=O)C(=O)N1. The van der Waals surface area contributed by atoms with Gasteiger partial charge in [0.15, 0.2) is 0 Å². The van der Waals surface area contributed by atoms with Crippen molar-refractivity contribution in [1.29, 1.82) is 0 Å². The normalized spacial score (nSPS) is 19.2. The first-order valence-electron chi connectivity index (χ1n) is 10.6. The summed E-state index contributed by atoms with van der Waals surface area (Å²) in [5, 5.41) is 4.43. The fourth-order valence-electron chi connectivity index (χ4n) is 4.31. The van der Waals surface area contributed by atoms with Gasteiger partial charge in [-0.1, -0.05) is 23.7 Å². The van der Waals surface area contributed by atoms with E-state index in [-0.39, 0.29) is 24.1 Å². The van der Waals surface area contributed by atoms with Crippen molar-refractivity contribution in [3.8, 4) is 0 Å². The molecule has 11 heteroatoms. The van der Waals surface area contributed by atoms with Gasteiger partial charge in [-0.15, -0.1) is 0 Å². The number of hydrogen-bond acceptors (Lipinski definition) is 7. The van der Waals surface area contributed by atoms with Crippen LogP contribution in [0.25, 0.3) is 0 Å². The second-order valence-corrected chi connectivity index (χ2v) is 8.50. The van der Waals surface area contributed by atoms with Gasteiger partial charge >= 0.3 is 6.03 Å². The molecular formula is C22H21ClN6O4. The summed E-state index contributed by atoms with van der Waals surface area (Å²) in [5.41, 5.74) is 1.43. The molecule has 2 aromatic rings. The molecule has 0 aliphatic carbocycles. The molecule has 4 heterocycles. The second-order valence-electron chi connectivity index (χ2n) is 8.11. The number of carbonyl (C=O) groups excluding carboxylic acids is 4. The molecule has 5 amide bonds. The highest BCUT2D eigenvalue weighted by molar-refractivity contribution is 6.29. The van der Waals surface area contributed by atoms with Gasteiger partial charge in [-0.25, -0.2) is 14.8 Å². The minimum atomic E-state index is -0.770. The molecule has 3 aliphatic rings. The average Bonchev–Trinajstić information content (AvgIpc) is 3.04. The molecule has 33 heavy (non-hydrogen) atoms. The van der Waals surface area contributed by atoms with Gasteiger partial charge in [0.05, 0.1) is 17.7 Å². The molecule has 0 radical (unpaired) electrons. The maximum Gasteiger partial charge on any atom is 0.343 e. The van der Waals surface area contributed by atoms with Crippen LogP contribution in [0.5, 0.6) is 0 Å². The predicted octanol–water partition coefficient (Wildman–Crippen LogP) is 1.51. The van der Waals surface area contributed by atoms with E-state index in [1.54, 1.807) is 18.2 Å². The first kappa shape index (κ1) is 21.4. The number of halogens is 1. The lowest BCUT2D eigenvalue weighted by Gasteiger charge is -2.35. The number of pyridine rings is 1. The largest absolute Gasteiger partial charge is 0.354 e. The Labute approximate surface area is 194 Å². The van der Waals surface area contributed by atoms with Crippen molar-refractivity contribution in [2.45, 2.75) is 13.0 Å². The van der Waals surface area contributed by atoms with Crippen LogP contribution < -0.4 is 10.2 Å². The number of urea groups is 1. The Hall–Kier alpha value is -3.50. The van der Waals surface area contributed by atoms with Crippen molar-refractivity contribution in [2.24, 2.45) is 0 Å². The highest BCUT2D eigenvalue weighted by Gasteiger charge is 2.43. The second kappa shape index (κ2) is 8.45. The van der Waals surface area contributed by atoms with Crippen LogP contribution in [-0.4, -0.2) is 76.4 Å². The molecule has 1 aromatic heterocycles. The van der Waals surface area contributed by atoms with Gasteiger partial charge in [0, 0.05) is 39.1 Å². The van der Waals surface area contributed by atoms with Crippen LogP contribution in [0.3, 0.4) is 0 Å². The first-order chi connectivity index (χ1) is 15.9. The zero-order chi connectivity index (χ0) is 23.1. The van der Waals surface area contributed by atoms with Gasteiger partial charge in [-0.05, 0) is 29.8 Å². The summed E-state index contributed by atoms with van der Waals surface area (Å²) in [6.45, 7) is 3.83. The molecule has 0 spiro atoms. The Balaban J connectivity index is 1.26. The quantitative estimate of drug-likeness (QED) is 0.535. The van der Waals surface area contributed by atoms with E-state index in [0.717, 1.165) is 47.6 Å². The van der Waals surface area contributed by atoms with E-state index in [4.69, 9.17) is 11.6 Å². The summed E-state index contributed by atoms with van der Waals surface area (Å²) >= 11 is 6.00. The lowest BCUT2D eigenvalue weighted by atomic mass is 10.1. The van der Waals surface area contributed by atoms with Crippen molar-refractivity contribution in [3.63, 3.8) is 0 Å². The van der Waals surface area contributed by atoms with Gasteiger partial charge < -0.3 is 4.90 Å². The molecule has 1 N–H and O–H groups in total. The number of anilines is 1. The summed E-state index contributed by atoms with van der Waals surface area (Å²) < 4.78 is 0. The number of hydrazine groups is 1. The Morgan fingerprint density at radius 3 is 2.39 bits per heavy atom. The smallest absolute Gasteiger partial charge is 0.343 e. The van der Waals surface area contributed by atoms with Crippen LogP contribution in [0.1, 0.15) is 32.7 Å². The van der Waals surface area contributed by atoms with E-state index in [1.807, 2.05) is 18.2 Å². The summed E-state index contributed by atoms with van der Waals surface area (Å²) in [6, 6.07) is 9.98. The minimum Gasteiger partial charge on any atom is -0.354 e. The zero-order valence-electron chi connectivity index (χ0n) is 17.7. The molecule has 0 saturated carbocycles. The van der Waals surface area contributed by atoms with Gasteiger partial charge in [-0.3, -0.25) is 24.6 Å².